The Kier molecular flexibility index (Phi) is 6.65. The van der Waals surface area contributed by atoms with Crippen molar-refractivity contribution in [2.75, 3.05) is 5.73 Å². The molecule has 0 aromatic carbocycles. The fourth-order valence-corrected chi connectivity index (χ4v) is 1.10. The van der Waals surface area contributed by atoms with Crippen molar-refractivity contribution in [3.05, 3.63) is 23.6 Å². The largest absolute Gasteiger partial charge is 0.388 e. The lowest BCUT2D eigenvalue weighted by atomic mass is 10.0. The smallest absolute Gasteiger partial charge is 0.383 e. The zero-order valence-corrected chi connectivity index (χ0v) is 10.7. The van der Waals surface area contributed by atoms with E-state index in [1.54, 1.807) is 0 Å². The van der Waals surface area contributed by atoms with E-state index in [0.717, 1.165) is 25.1 Å². The van der Waals surface area contributed by atoms with Crippen LogP contribution in [0.2, 0.25) is 0 Å². The van der Waals surface area contributed by atoms with Gasteiger partial charge in [-0.25, -0.2) is 9.37 Å². The molecule has 0 bridgehead atoms. The molecule has 6 heteroatoms. The normalized spacial score (nSPS) is 11.1. The van der Waals surface area contributed by atoms with Crippen molar-refractivity contribution in [3.8, 4) is 0 Å². The summed E-state index contributed by atoms with van der Waals surface area (Å²) >= 11 is 0. The van der Waals surface area contributed by atoms with Gasteiger partial charge in [-0.2, -0.15) is 13.2 Å². The Morgan fingerprint density at radius 2 is 1.83 bits per heavy atom. The Bertz CT molecular complexity index is 362. The molecule has 18 heavy (non-hydrogen) atoms. The maximum Gasteiger partial charge on any atom is 0.388 e. The van der Waals surface area contributed by atoms with Gasteiger partial charge in [0.1, 0.15) is 11.6 Å². The summed E-state index contributed by atoms with van der Waals surface area (Å²) in [6.45, 7) is 5.20. The summed E-state index contributed by atoms with van der Waals surface area (Å²) in [5.74, 6) is 0.584. The lowest BCUT2D eigenvalue weighted by molar-refractivity contribution is -0.130. The highest BCUT2D eigenvalue weighted by Crippen LogP contribution is 2.17. The van der Waals surface area contributed by atoms with Gasteiger partial charge in [0.05, 0.1) is 6.20 Å². The number of rotatable bonds is 2. The third kappa shape index (κ3) is 7.86. The molecule has 0 atom stereocenters. The highest BCUT2D eigenvalue weighted by atomic mass is 19.4. The summed E-state index contributed by atoms with van der Waals surface area (Å²) in [5.41, 5.74) is 6.36. The van der Waals surface area contributed by atoms with Crippen LogP contribution in [0.5, 0.6) is 0 Å². The highest BCUT2D eigenvalue weighted by Gasteiger charge is 2.22. The minimum Gasteiger partial charge on any atom is -0.383 e. The first-order valence-corrected chi connectivity index (χ1v) is 5.62. The van der Waals surface area contributed by atoms with E-state index in [0.29, 0.717) is 11.7 Å². The summed E-state index contributed by atoms with van der Waals surface area (Å²) in [6, 6.07) is 1.45. The van der Waals surface area contributed by atoms with Crippen LogP contribution in [0.3, 0.4) is 0 Å². The average molecular weight is 266 g/mol. The van der Waals surface area contributed by atoms with E-state index in [-0.39, 0.29) is 5.82 Å². The number of hydrogen-bond acceptors (Lipinski definition) is 2. The molecule has 0 radical (unpaired) electrons. The minimum atomic E-state index is -3.96. The Labute approximate surface area is 104 Å². The zero-order valence-electron chi connectivity index (χ0n) is 10.7. The second kappa shape index (κ2) is 7.18. The van der Waals surface area contributed by atoms with Crippen LogP contribution in [-0.4, -0.2) is 11.2 Å². The summed E-state index contributed by atoms with van der Waals surface area (Å²) in [4.78, 5) is 3.73. The van der Waals surface area contributed by atoms with Gasteiger partial charge in [-0.3, -0.25) is 0 Å². The lowest BCUT2D eigenvalue weighted by Gasteiger charge is -2.06. The zero-order chi connectivity index (χ0) is 14.3. The molecule has 0 unspecified atom stereocenters. The highest BCUT2D eigenvalue weighted by molar-refractivity contribution is 5.38. The van der Waals surface area contributed by atoms with E-state index in [1.807, 2.05) is 0 Å². The standard InChI is InChI=1S/C9H13FN2.C3H5F3/c1-6(2)3-7-4-8(10)5-12-9(7)11;1-2-3(4,5)6/h4-6H,3H2,1-2H3,(H2,11,12);2H2,1H3. The topological polar surface area (TPSA) is 38.9 Å². The third-order valence-corrected chi connectivity index (χ3v) is 2.00. The first kappa shape index (κ1) is 16.7. The van der Waals surface area contributed by atoms with Crippen molar-refractivity contribution in [1.82, 2.24) is 4.98 Å². The van der Waals surface area contributed by atoms with Crippen LogP contribution in [0.25, 0.3) is 0 Å². The summed E-state index contributed by atoms with van der Waals surface area (Å²) in [5, 5.41) is 0. The van der Waals surface area contributed by atoms with Gasteiger partial charge in [-0.1, -0.05) is 20.8 Å². The monoisotopic (exact) mass is 266 g/mol. The van der Waals surface area contributed by atoms with Gasteiger partial charge < -0.3 is 5.73 Å². The Morgan fingerprint density at radius 3 is 2.22 bits per heavy atom. The van der Waals surface area contributed by atoms with E-state index < -0.39 is 12.6 Å². The van der Waals surface area contributed by atoms with E-state index in [2.05, 4.69) is 18.8 Å². The molecular weight excluding hydrogens is 248 g/mol. The van der Waals surface area contributed by atoms with Crippen LogP contribution < -0.4 is 5.73 Å². The molecule has 1 rings (SSSR count). The third-order valence-electron chi connectivity index (χ3n) is 2.00. The molecule has 0 aliphatic rings. The molecule has 1 aromatic heterocycles. The van der Waals surface area contributed by atoms with Crippen LogP contribution in [0.1, 0.15) is 32.8 Å². The van der Waals surface area contributed by atoms with Gasteiger partial charge in [0.25, 0.3) is 0 Å². The van der Waals surface area contributed by atoms with Crippen molar-refractivity contribution in [2.24, 2.45) is 5.92 Å². The van der Waals surface area contributed by atoms with E-state index in [4.69, 9.17) is 5.73 Å². The Hall–Kier alpha value is -1.33. The first-order valence-electron chi connectivity index (χ1n) is 5.62. The Balaban J connectivity index is 0.000000411. The van der Waals surface area contributed by atoms with Gasteiger partial charge in [0.15, 0.2) is 0 Å². The second-order valence-corrected chi connectivity index (χ2v) is 4.26. The number of alkyl halides is 3. The molecule has 0 spiro atoms. The van der Waals surface area contributed by atoms with Crippen LogP contribution in [0.15, 0.2) is 12.3 Å². The molecular formula is C12H18F4N2. The van der Waals surface area contributed by atoms with E-state index in [9.17, 15) is 17.6 Å². The lowest BCUT2D eigenvalue weighted by Crippen LogP contribution is -2.02. The number of nitrogens with two attached hydrogens (primary N) is 1. The number of hydrogen-bond donors (Lipinski definition) is 1. The molecule has 2 nitrogen and oxygen atoms in total. The fraction of sp³-hybridized carbons (Fsp3) is 0.583. The predicted molar refractivity (Wildman–Crippen MR) is 63.5 cm³/mol. The molecule has 104 valence electrons. The second-order valence-electron chi connectivity index (χ2n) is 4.26. The average Bonchev–Trinajstić information content (AvgIpc) is 2.23. The van der Waals surface area contributed by atoms with Gasteiger partial charge in [-0.05, 0) is 24.0 Å². The first-order chi connectivity index (χ1) is 8.15. The maximum absolute atomic E-state index is 12.7. The van der Waals surface area contributed by atoms with Crippen molar-refractivity contribution < 1.29 is 17.6 Å². The van der Waals surface area contributed by atoms with Gasteiger partial charge in [-0.15, -0.1) is 0 Å². The summed E-state index contributed by atoms with van der Waals surface area (Å²) < 4.78 is 45.0. The van der Waals surface area contributed by atoms with E-state index >= 15 is 0 Å². The van der Waals surface area contributed by atoms with Crippen molar-refractivity contribution in [1.29, 1.82) is 0 Å². The molecule has 0 saturated heterocycles. The predicted octanol–water partition coefficient (Wildman–Crippen LogP) is 3.96. The van der Waals surface area contributed by atoms with Crippen molar-refractivity contribution in [3.63, 3.8) is 0 Å². The maximum atomic E-state index is 12.7. The minimum absolute atomic E-state index is 0.320. The molecule has 0 aliphatic heterocycles. The number of halogens is 4. The van der Waals surface area contributed by atoms with Crippen LogP contribution in [0, 0.1) is 11.7 Å². The van der Waals surface area contributed by atoms with Gasteiger partial charge in [0, 0.05) is 6.42 Å². The molecule has 0 saturated carbocycles. The molecule has 0 aliphatic carbocycles. The Morgan fingerprint density at radius 1 is 1.33 bits per heavy atom. The number of nitrogens with zero attached hydrogens (tertiary/aromatic N) is 1. The van der Waals surface area contributed by atoms with Crippen molar-refractivity contribution in [2.45, 2.75) is 39.8 Å². The fourth-order valence-electron chi connectivity index (χ4n) is 1.10. The molecule has 0 fully saturated rings. The van der Waals surface area contributed by atoms with Crippen LogP contribution in [-0.2, 0) is 6.42 Å². The number of nitrogen functional groups attached to an aromatic ring is 1. The van der Waals surface area contributed by atoms with Crippen LogP contribution in [0.4, 0.5) is 23.4 Å². The van der Waals surface area contributed by atoms with Crippen LogP contribution >= 0.6 is 0 Å². The quantitative estimate of drug-likeness (QED) is 0.823. The van der Waals surface area contributed by atoms with E-state index in [1.165, 1.54) is 6.07 Å². The van der Waals surface area contributed by atoms with Gasteiger partial charge in [0.2, 0.25) is 0 Å². The number of pyridine rings is 1. The SMILES string of the molecule is CC(C)Cc1cc(F)cnc1N.CCC(F)(F)F. The summed E-state index contributed by atoms with van der Waals surface area (Å²) in [6.07, 6.45) is -2.78. The molecule has 0 amide bonds. The number of aromatic nitrogens is 1. The summed E-state index contributed by atoms with van der Waals surface area (Å²) in [7, 11) is 0. The molecule has 1 heterocycles. The van der Waals surface area contributed by atoms with Crippen molar-refractivity contribution >= 4 is 5.82 Å². The molecule has 2 N–H and O–H groups in total. The van der Waals surface area contributed by atoms with Gasteiger partial charge >= 0.3 is 6.18 Å². The molecule has 1 aromatic rings. The number of anilines is 1.